The maximum Gasteiger partial charge on any atom is 0.161 e. The molecule has 1 aliphatic carbocycles. The van der Waals surface area contributed by atoms with Gasteiger partial charge in [-0.25, -0.2) is 0 Å². The molecular weight excluding hydrogens is 286 g/mol. The van der Waals surface area contributed by atoms with Gasteiger partial charge in [0.15, 0.2) is 11.5 Å². The minimum absolute atomic E-state index is 0.315. The van der Waals surface area contributed by atoms with Crippen LogP contribution in [-0.4, -0.2) is 32.2 Å². The molecule has 1 heterocycles. The van der Waals surface area contributed by atoms with E-state index in [0.717, 1.165) is 17.1 Å². The number of hydrogen-bond acceptors (Lipinski definition) is 3. The molecule has 1 aliphatic heterocycles. The number of rotatable bonds is 4. The summed E-state index contributed by atoms with van der Waals surface area (Å²) < 4.78 is 10.6. The van der Waals surface area contributed by atoms with Gasteiger partial charge < -0.3 is 14.4 Å². The topological polar surface area (TPSA) is 21.7 Å². The largest absolute Gasteiger partial charge is 0.493 e. The van der Waals surface area contributed by atoms with Crippen molar-refractivity contribution in [1.29, 1.82) is 0 Å². The second-order valence-corrected chi connectivity index (χ2v) is 5.53. The fraction of sp³-hybridized carbons (Fsp3) is 0.200. The zero-order chi connectivity index (χ0) is 16.2. The van der Waals surface area contributed by atoms with E-state index < -0.39 is 0 Å². The third-order valence-electron chi connectivity index (χ3n) is 4.12. The first kappa shape index (κ1) is 15.2. The van der Waals surface area contributed by atoms with E-state index in [1.807, 2.05) is 18.2 Å². The van der Waals surface area contributed by atoms with Gasteiger partial charge in [-0.15, -0.1) is 0 Å². The monoisotopic (exact) mass is 307 g/mol. The average Bonchev–Trinajstić information content (AvgIpc) is 2.61. The molecule has 1 unspecified atom stereocenters. The van der Waals surface area contributed by atoms with Crippen LogP contribution in [0.15, 0.2) is 72.0 Å². The quantitative estimate of drug-likeness (QED) is 0.840. The van der Waals surface area contributed by atoms with Crippen molar-refractivity contribution in [3.8, 4) is 11.5 Å². The summed E-state index contributed by atoms with van der Waals surface area (Å²) in [6, 6.07) is 6.24. The van der Waals surface area contributed by atoms with E-state index in [1.165, 1.54) is 11.1 Å². The molecule has 1 aromatic carbocycles. The zero-order valence-electron chi connectivity index (χ0n) is 13.7. The third kappa shape index (κ3) is 3.09. The number of likely N-dealkylation sites (N-methyl/N-ethyl adjacent to an activating group) is 1. The molecule has 0 bridgehead atoms. The van der Waals surface area contributed by atoms with Crippen molar-refractivity contribution in [1.82, 2.24) is 4.90 Å². The van der Waals surface area contributed by atoms with Crippen molar-refractivity contribution < 1.29 is 9.47 Å². The maximum absolute atomic E-state index is 5.36. The van der Waals surface area contributed by atoms with E-state index in [2.05, 4.69) is 60.7 Å². The molecule has 3 heteroatoms. The van der Waals surface area contributed by atoms with Gasteiger partial charge in [0.05, 0.1) is 20.3 Å². The Kier molecular flexibility index (Phi) is 4.38. The average molecular weight is 307 g/mol. The Labute approximate surface area is 137 Å². The lowest BCUT2D eigenvalue weighted by atomic mass is 9.92. The van der Waals surface area contributed by atoms with Gasteiger partial charge in [-0.2, -0.15) is 0 Å². The summed E-state index contributed by atoms with van der Waals surface area (Å²) in [7, 11) is 5.39. The normalized spacial score (nSPS) is 19.4. The fourth-order valence-electron chi connectivity index (χ4n) is 2.83. The minimum atomic E-state index is 0.315. The number of fused-ring (bicyclic) bond motifs is 1. The smallest absolute Gasteiger partial charge is 0.161 e. The van der Waals surface area contributed by atoms with Crippen LogP contribution in [0.4, 0.5) is 0 Å². The number of benzene rings is 1. The Morgan fingerprint density at radius 2 is 1.83 bits per heavy atom. The van der Waals surface area contributed by atoms with Crippen LogP contribution >= 0.6 is 0 Å². The first-order valence-corrected chi connectivity index (χ1v) is 7.62. The van der Waals surface area contributed by atoms with Crippen LogP contribution in [0.5, 0.6) is 11.5 Å². The molecule has 0 saturated heterocycles. The highest BCUT2D eigenvalue weighted by Crippen LogP contribution is 2.30. The zero-order valence-corrected chi connectivity index (χ0v) is 13.7. The lowest BCUT2D eigenvalue weighted by Gasteiger charge is -2.31. The predicted octanol–water partition coefficient (Wildman–Crippen LogP) is 3.97. The second-order valence-electron chi connectivity index (χ2n) is 5.53. The molecule has 0 saturated carbocycles. The SMILES string of the molecule is COc1ccc(/C=C/C2=C3C=CC=CC3N(C)C=C2)cc1OC. The highest BCUT2D eigenvalue weighted by molar-refractivity contribution is 5.61. The standard InChI is InChI=1S/C20H21NO2/c1-21-13-12-16(17-6-4-5-7-18(17)21)10-8-15-9-11-19(22-2)20(14-15)23-3/h4-14,18H,1-3H3/b10-8+. The molecule has 1 aromatic rings. The lowest BCUT2D eigenvalue weighted by Crippen LogP contribution is -2.30. The molecule has 3 nitrogen and oxygen atoms in total. The Hall–Kier alpha value is -2.68. The van der Waals surface area contributed by atoms with E-state index in [1.54, 1.807) is 14.2 Å². The van der Waals surface area contributed by atoms with Gasteiger partial charge in [-0.1, -0.05) is 42.5 Å². The molecule has 0 N–H and O–H groups in total. The second kappa shape index (κ2) is 6.61. The molecule has 3 rings (SSSR count). The number of hydrogen-bond donors (Lipinski definition) is 0. The molecule has 2 aliphatic rings. The van der Waals surface area contributed by atoms with Gasteiger partial charge >= 0.3 is 0 Å². The highest BCUT2D eigenvalue weighted by atomic mass is 16.5. The molecule has 0 fully saturated rings. The molecule has 0 spiro atoms. The van der Waals surface area contributed by atoms with Crippen molar-refractivity contribution in [3.05, 3.63) is 77.6 Å². The fourth-order valence-corrected chi connectivity index (χ4v) is 2.83. The van der Waals surface area contributed by atoms with Gasteiger partial charge in [0.25, 0.3) is 0 Å². The van der Waals surface area contributed by atoms with Crippen molar-refractivity contribution in [2.75, 3.05) is 21.3 Å². The van der Waals surface area contributed by atoms with E-state index in [4.69, 9.17) is 9.47 Å². The molecule has 0 amide bonds. The number of nitrogens with zero attached hydrogens (tertiary/aromatic N) is 1. The molecule has 118 valence electrons. The minimum Gasteiger partial charge on any atom is -0.493 e. The summed E-state index contributed by atoms with van der Waals surface area (Å²) in [4.78, 5) is 2.21. The summed E-state index contributed by atoms with van der Waals surface area (Å²) in [5.41, 5.74) is 3.62. The number of ether oxygens (including phenoxy) is 2. The Morgan fingerprint density at radius 1 is 1.00 bits per heavy atom. The van der Waals surface area contributed by atoms with E-state index in [0.29, 0.717) is 6.04 Å². The Bertz CT molecular complexity index is 738. The summed E-state index contributed by atoms with van der Waals surface area (Å²) in [6.45, 7) is 0. The van der Waals surface area contributed by atoms with Crippen LogP contribution in [0.1, 0.15) is 5.56 Å². The van der Waals surface area contributed by atoms with Crippen LogP contribution < -0.4 is 9.47 Å². The molecule has 0 aromatic heterocycles. The van der Waals surface area contributed by atoms with Gasteiger partial charge in [0.1, 0.15) is 0 Å². The third-order valence-corrected chi connectivity index (χ3v) is 4.12. The molecule has 1 atom stereocenters. The van der Waals surface area contributed by atoms with E-state index in [-0.39, 0.29) is 0 Å². The summed E-state index contributed by atoms with van der Waals surface area (Å²) in [5, 5.41) is 0. The summed E-state index contributed by atoms with van der Waals surface area (Å²) in [5.74, 6) is 1.48. The van der Waals surface area contributed by atoms with Crippen molar-refractivity contribution in [3.63, 3.8) is 0 Å². The number of methoxy groups -OCH3 is 2. The van der Waals surface area contributed by atoms with Crippen LogP contribution in [0.25, 0.3) is 6.08 Å². The first-order chi connectivity index (χ1) is 11.2. The van der Waals surface area contributed by atoms with Crippen molar-refractivity contribution in [2.45, 2.75) is 6.04 Å². The summed E-state index contributed by atoms with van der Waals surface area (Å²) in [6.07, 6.45) is 17.1. The Balaban J connectivity index is 1.89. The molecule has 23 heavy (non-hydrogen) atoms. The van der Waals surface area contributed by atoms with Crippen LogP contribution in [0, 0.1) is 0 Å². The van der Waals surface area contributed by atoms with Crippen molar-refractivity contribution >= 4 is 6.08 Å². The highest BCUT2D eigenvalue weighted by Gasteiger charge is 2.19. The van der Waals surface area contributed by atoms with Crippen LogP contribution in [0.3, 0.4) is 0 Å². The van der Waals surface area contributed by atoms with Crippen LogP contribution in [-0.2, 0) is 0 Å². The van der Waals surface area contributed by atoms with Gasteiger partial charge in [0.2, 0.25) is 0 Å². The van der Waals surface area contributed by atoms with E-state index >= 15 is 0 Å². The number of allylic oxidation sites excluding steroid dienone is 5. The maximum atomic E-state index is 5.36. The van der Waals surface area contributed by atoms with Crippen molar-refractivity contribution in [2.24, 2.45) is 0 Å². The van der Waals surface area contributed by atoms with Gasteiger partial charge in [-0.3, -0.25) is 0 Å². The lowest BCUT2D eigenvalue weighted by molar-refractivity contribution is 0.355. The molecule has 0 radical (unpaired) electrons. The molecular formula is C20H21NO2. The van der Waals surface area contributed by atoms with Crippen LogP contribution in [0.2, 0.25) is 0 Å². The Morgan fingerprint density at radius 3 is 2.61 bits per heavy atom. The summed E-state index contributed by atoms with van der Waals surface area (Å²) >= 11 is 0. The first-order valence-electron chi connectivity index (χ1n) is 7.62. The predicted molar refractivity (Wildman–Crippen MR) is 94.6 cm³/mol. The van der Waals surface area contributed by atoms with Gasteiger partial charge in [0, 0.05) is 13.2 Å². The van der Waals surface area contributed by atoms with E-state index in [9.17, 15) is 0 Å². The van der Waals surface area contributed by atoms with Gasteiger partial charge in [-0.05, 0) is 34.9 Å².